The standard InChI is InChI=1S/C90H142N26O34/c1-10-41(5)69(115-82(142)57(35-61(93)121)110-84(144)67(94)44(8)118)86(146)104-48(20-15-16-30-91)75(135)116-71(45(9)119)88(148)105-50(23-27-63(124)125)73(133)102-52(25-29-65(128)129)77(137)114-70(42(6)11-2)87(147)112-59(38-117)83(143)103-51(24-28-64(126)127)76(136)113-68(40(3)4)85(145)111-56(34-60(92)120)81(141)108-55(33-47-37-97-39-99-47)80(140)109-58(36-66(130)131)78(138)100-43(7)72(132)101-49(22-26-62(122)123)74(134)107-54(32-46-18-13-12-14-19-46)79(139)106-53(89(149)150)21-17-31-98-90(95)96/h12-14,18-19,37,39-45,48-59,67-71,117-119H,10-11,15-17,20-36,38,91,94H2,1-9H3,(H2,92,120)(H2,93,121)(H,97,99)(H,100,138)(H,101,132)(H,102,133)(H,103,143)(H,104,146)(H,105,148)(H,106,139)(H,107,134)(H,108,141)(H,109,140)(H,110,144)(H,111,145)(H,112,147)(H,113,136)(H,114,137)(H,115,142)(H,116,135)(H,122,123)(H,124,125)(H,126,127)(H,128,129)(H,130,131)(H,149,150)(H4,95,96,98)/t41-,42-,43-,44+,45+,48-,49-,50-,51-,52-,53-,54-,55-,56-,57-,58-,59-,67-,68-,69-,70-,71-/m0/s1. The molecule has 0 bridgehead atoms. The molecule has 0 spiro atoms. The monoisotopic (exact) mass is 2130 g/mol. The number of aliphatic carboxylic acids is 6. The number of carbonyl (C=O) groups excluding carboxylic acids is 19. The van der Waals surface area contributed by atoms with Crippen LogP contribution in [0.1, 0.15) is 189 Å². The third-order valence-electron chi connectivity index (χ3n) is 23.2. The number of rotatable bonds is 73. The summed E-state index contributed by atoms with van der Waals surface area (Å²) in [7, 11) is 0. The molecule has 0 aliphatic heterocycles. The van der Waals surface area contributed by atoms with Crippen LogP contribution in [0.15, 0.2) is 47.8 Å². The van der Waals surface area contributed by atoms with Crippen LogP contribution in [-0.2, 0) is 133 Å². The van der Waals surface area contributed by atoms with Gasteiger partial charge in [0.05, 0.1) is 50.1 Å². The number of carboxylic acids is 6. The number of amides is 19. The first-order valence-corrected chi connectivity index (χ1v) is 47.8. The van der Waals surface area contributed by atoms with Gasteiger partial charge in [-0.2, -0.15) is 0 Å². The van der Waals surface area contributed by atoms with Crippen LogP contribution in [0.4, 0.5) is 0 Å². The number of unbranched alkanes of at least 4 members (excludes halogenated alkanes) is 1. The summed E-state index contributed by atoms with van der Waals surface area (Å²) in [6.45, 7) is 10.5. The largest absolute Gasteiger partial charge is 0.481 e. The lowest BCUT2D eigenvalue weighted by Crippen LogP contribution is -2.63. The molecule has 836 valence electrons. The number of aromatic amines is 1. The quantitative estimate of drug-likeness (QED) is 0.0166. The summed E-state index contributed by atoms with van der Waals surface area (Å²) in [5.41, 5.74) is 33.5. The number of aliphatic imine (C=N–C) groups is 1. The number of carboxylic acid groups (broad SMARTS) is 6. The minimum Gasteiger partial charge on any atom is -0.481 e. The van der Waals surface area contributed by atoms with E-state index in [4.69, 9.17) is 34.4 Å². The highest BCUT2D eigenvalue weighted by molar-refractivity contribution is 6.03. The highest BCUT2D eigenvalue weighted by atomic mass is 16.4. The highest BCUT2D eigenvalue weighted by Gasteiger charge is 2.43. The second kappa shape index (κ2) is 66.5. The second-order valence-electron chi connectivity index (χ2n) is 35.8. The van der Waals surface area contributed by atoms with Gasteiger partial charge < -0.3 is 176 Å². The lowest BCUT2D eigenvalue weighted by molar-refractivity contribution is -0.143. The van der Waals surface area contributed by atoms with Crippen molar-refractivity contribution in [3.05, 3.63) is 54.1 Å². The van der Waals surface area contributed by atoms with E-state index in [9.17, 15) is 166 Å². The Hall–Kier alpha value is -15.8. The van der Waals surface area contributed by atoms with E-state index in [1.807, 2.05) is 0 Å². The molecule has 22 atom stereocenters. The van der Waals surface area contributed by atoms with Crippen molar-refractivity contribution in [2.45, 2.75) is 312 Å². The molecule has 1 aromatic carbocycles. The molecule has 0 saturated heterocycles. The number of H-pyrrole nitrogens is 1. The normalized spacial score (nSPS) is 15.5. The predicted molar refractivity (Wildman–Crippen MR) is 521 cm³/mol. The molecule has 2 aromatic rings. The zero-order chi connectivity index (χ0) is 114. The molecule has 0 saturated carbocycles. The van der Waals surface area contributed by atoms with Crippen molar-refractivity contribution in [2.24, 2.45) is 57.1 Å². The molecular formula is C90H142N26O34. The lowest BCUT2D eigenvalue weighted by Gasteiger charge is -2.30. The van der Waals surface area contributed by atoms with Crippen LogP contribution in [0.3, 0.4) is 0 Å². The summed E-state index contributed by atoms with van der Waals surface area (Å²) in [5.74, 6) is -36.7. The fourth-order valence-electron chi connectivity index (χ4n) is 14.2. The van der Waals surface area contributed by atoms with Gasteiger partial charge in [0, 0.05) is 51.3 Å². The van der Waals surface area contributed by atoms with E-state index >= 15 is 0 Å². The Morgan fingerprint density at radius 1 is 0.353 bits per heavy atom. The van der Waals surface area contributed by atoms with E-state index in [0.717, 1.165) is 20.2 Å². The first-order chi connectivity index (χ1) is 70.3. The maximum Gasteiger partial charge on any atom is 0.326 e. The topological polar surface area (TPSA) is 1010 Å². The number of hydrogen-bond donors (Lipinski definition) is 33. The zero-order valence-corrected chi connectivity index (χ0v) is 84.2. The molecule has 39 N–H and O–H groups in total. The molecule has 0 unspecified atom stereocenters. The van der Waals surface area contributed by atoms with E-state index in [0.29, 0.717) is 5.56 Å². The molecule has 19 amide bonds. The van der Waals surface area contributed by atoms with Gasteiger partial charge in [0.15, 0.2) is 5.96 Å². The number of imidazole rings is 1. The summed E-state index contributed by atoms with van der Waals surface area (Å²) in [6, 6.07) is -25.7. The lowest BCUT2D eigenvalue weighted by atomic mass is 9.96. The molecule has 60 nitrogen and oxygen atoms in total. The summed E-state index contributed by atoms with van der Waals surface area (Å²) < 4.78 is 0. The number of hydrogen-bond acceptors (Lipinski definition) is 32. The Kier molecular flexibility index (Phi) is 57.7. The third-order valence-corrected chi connectivity index (χ3v) is 23.2. The van der Waals surface area contributed by atoms with Gasteiger partial charge >= 0.3 is 35.8 Å². The molecule has 0 aliphatic rings. The van der Waals surface area contributed by atoms with Gasteiger partial charge in [0.1, 0.15) is 109 Å². The number of nitrogens with one attached hydrogen (secondary N) is 18. The van der Waals surface area contributed by atoms with Gasteiger partial charge in [-0.3, -0.25) is 120 Å². The van der Waals surface area contributed by atoms with Gasteiger partial charge in [0.2, 0.25) is 112 Å². The number of aliphatic hydroxyl groups excluding tert-OH is 3. The molecule has 0 aliphatic carbocycles. The zero-order valence-electron chi connectivity index (χ0n) is 84.2. The van der Waals surface area contributed by atoms with E-state index in [-0.39, 0.29) is 76.1 Å². The molecule has 1 heterocycles. The SMILES string of the molecule is CC[C@H](C)[C@H](NC(=O)[C@H](CCC(=O)O)NC(=O)[C@H](CCC(=O)O)NC(=O)[C@@H](NC(=O)[C@H](CCCCN)NC(=O)[C@@H](NC(=O)[C@H](CC(N)=O)NC(=O)[C@@H](N)[C@@H](C)O)[C@@H](C)CC)[C@@H](C)O)C(=O)N[C@@H](CO)C(=O)N[C@@H](CCC(=O)O)C(=O)N[C@H](C(=O)N[C@@H](CC(N)=O)C(=O)N[C@@H](Cc1c[nH]cn1)C(=O)N[C@@H](CC(=O)O)C(=O)N[C@@H](C)C(=O)N[C@@H](CCC(=O)O)C(=O)N[C@@H](Cc1ccccc1)C(=O)N[C@@H](CCCN=C(N)N)C(=O)O)C(C)C. The van der Waals surface area contributed by atoms with E-state index in [1.165, 1.54) is 47.7 Å². The van der Waals surface area contributed by atoms with Crippen molar-refractivity contribution in [1.29, 1.82) is 0 Å². The van der Waals surface area contributed by atoms with E-state index < -0.39 is 370 Å². The first-order valence-electron chi connectivity index (χ1n) is 47.8. The van der Waals surface area contributed by atoms with Gasteiger partial charge in [-0.1, -0.05) is 84.7 Å². The highest BCUT2D eigenvalue weighted by Crippen LogP contribution is 2.18. The molecule has 60 heteroatoms. The van der Waals surface area contributed by atoms with Gasteiger partial charge in [-0.25, -0.2) is 9.78 Å². The fraction of sp³-hybridized carbons (Fsp3) is 0.611. The third kappa shape index (κ3) is 48.3. The van der Waals surface area contributed by atoms with Crippen LogP contribution in [-0.4, -0.2) is 351 Å². The molecular weight excluding hydrogens is 1990 g/mol. The smallest absolute Gasteiger partial charge is 0.326 e. The number of nitrogens with two attached hydrogens (primary N) is 6. The summed E-state index contributed by atoms with van der Waals surface area (Å²) >= 11 is 0. The average molecular weight is 2130 g/mol. The summed E-state index contributed by atoms with van der Waals surface area (Å²) in [6.07, 6.45) is -11.7. The van der Waals surface area contributed by atoms with Crippen molar-refractivity contribution in [2.75, 3.05) is 19.7 Å². The second-order valence-corrected chi connectivity index (χ2v) is 35.8. The van der Waals surface area contributed by atoms with Crippen LogP contribution in [0.25, 0.3) is 0 Å². The van der Waals surface area contributed by atoms with Gasteiger partial charge in [0.25, 0.3) is 0 Å². The predicted octanol–water partition coefficient (Wildman–Crippen LogP) is -11.8. The van der Waals surface area contributed by atoms with Crippen LogP contribution in [0.5, 0.6) is 0 Å². The Morgan fingerprint density at radius 3 is 1.08 bits per heavy atom. The van der Waals surface area contributed by atoms with Crippen molar-refractivity contribution in [1.82, 2.24) is 100 Å². The molecule has 150 heavy (non-hydrogen) atoms. The summed E-state index contributed by atoms with van der Waals surface area (Å²) in [5, 5.41) is 129. The molecule has 0 fully saturated rings. The molecule has 0 radical (unpaired) electrons. The molecule has 2 rings (SSSR count). The van der Waals surface area contributed by atoms with Crippen molar-refractivity contribution in [3.8, 4) is 0 Å². The van der Waals surface area contributed by atoms with Crippen LogP contribution >= 0.6 is 0 Å². The van der Waals surface area contributed by atoms with Gasteiger partial charge in [-0.05, 0) is 108 Å². The first kappa shape index (κ1) is 130. The number of aromatic nitrogens is 2. The summed E-state index contributed by atoms with van der Waals surface area (Å²) in [4.78, 5) is 349. The van der Waals surface area contributed by atoms with Crippen LogP contribution < -0.4 is 125 Å². The molecule has 1 aromatic heterocycles. The van der Waals surface area contributed by atoms with Crippen LogP contribution in [0, 0.1) is 17.8 Å². The van der Waals surface area contributed by atoms with Crippen molar-refractivity contribution in [3.63, 3.8) is 0 Å². The number of aliphatic hydroxyl groups is 3. The number of benzene rings is 1. The number of primary amides is 2. The number of nitrogens with zero attached hydrogens (tertiary/aromatic N) is 2. The maximum absolute atomic E-state index is 14.5. The fourth-order valence-corrected chi connectivity index (χ4v) is 14.2. The van der Waals surface area contributed by atoms with Crippen molar-refractivity contribution < 1.29 is 166 Å². The van der Waals surface area contributed by atoms with Crippen molar-refractivity contribution >= 4 is 154 Å². The Balaban J connectivity index is 2.54. The number of guanidine groups is 1. The Labute approximate surface area is 859 Å². The minimum atomic E-state index is -2.18. The minimum absolute atomic E-state index is 0.0174. The van der Waals surface area contributed by atoms with E-state index in [2.05, 4.69) is 105 Å². The average Bonchev–Trinajstić information content (AvgIpc) is 1.04. The van der Waals surface area contributed by atoms with Gasteiger partial charge in [-0.15, -0.1) is 0 Å². The van der Waals surface area contributed by atoms with Crippen LogP contribution in [0.2, 0.25) is 0 Å². The van der Waals surface area contributed by atoms with E-state index in [1.54, 1.807) is 37.3 Å². The number of carbonyl (C=O) groups is 25. The Bertz CT molecular complexity index is 5010. The Morgan fingerprint density at radius 2 is 0.687 bits per heavy atom. The maximum atomic E-state index is 14.5.